The lowest BCUT2D eigenvalue weighted by molar-refractivity contribution is 0.0218. The minimum absolute atomic E-state index is 0.367. The fraction of sp³-hybridized carbons (Fsp3) is 0.320. The van der Waals surface area contributed by atoms with Crippen molar-refractivity contribution in [2.75, 3.05) is 24.5 Å². The smallest absolute Gasteiger partial charge is 0.132 e. The van der Waals surface area contributed by atoms with Crippen LogP contribution >= 0.6 is 11.6 Å². The van der Waals surface area contributed by atoms with Crippen molar-refractivity contribution in [2.45, 2.75) is 25.9 Å². The minimum atomic E-state index is -0.367. The number of nitrogens with zero attached hydrogens (tertiary/aromatic N) is 5. The van der Waals surface area contributed by atoms with Crippen LogP contribution in [0, 0.1) is 11.7 Å². The first kappa shape index (κ1) is 20.6. The van der Waals surface area contributed by atoms with Crippen molar-refractivity contribution in [1.29, 1.82) is 0 Å². The molecule has 1 aromatic carbocycles. The maximum atomic E-state index is 14.5. The molecule has 0 aliphatic carbocycles. The van der Waals surface area contributed by atoms with E-state index in [2.05, 4.69) is 44.9 Å². The van der Waals surface area contributed by atoms with Gasteiger partial charge in [-0.25, -0.2) is 9.37 Å². The number of halogens is 2. The van der Waals surface area contributed by atoms with Gasteiger partial charge in [0.05, 0.1) is 40.5 Å². The largest absolute Gasteiger partial charge is 0.368 e. The molecule has 8 heteroatoms. The normalized spacial score (nSPS) is 20.5. The van der Waals surface area contributed by atoms with Gasteiger partial charge in [0.25, 0.3) is 0 Å². The van der Waals surface area contributed by atoms with Crippen LogP contribution in [-0.2, 0) is 0 Å². The lowest BCUT2D eigenvalue weighted by Crippen LogP contribution is -2.58. The highest BCUT2D eigenvalue weighted by Gasteiger charge is 2.46. The maximum Gasteiger partial charge on any atom is 0.132 e. The number of aromatic nitrogens is 4. The van der Waals surface area contributed by atoms with Crippen LogP contribution in [0.3, 0.4) is 0 Å². The van der Waals surface area contributed by atoms with Crippen LogP contribution in [-0.4, -0.2) is 56.8 Å². The molecule has 0 amide bonds. The van der Waals surface area contributed by atoms with Crippen molar-refractivity contribution < 1.29 is 4.39 Å². The van der Waals surface area contributed by atoms with Gasteiger partial charge in [-0.2, -0.15) is 5.10 Å². The van der Waals surface area contributed by atoms with Crippen LogP contribution < -0.4 is 4.90 Å². The fourth-order valence-corrected chi connectivity index (χ4v) is 5.35. The summed E-state index contributed by atoms with van der Waals surface area (Å²) in [7, 11) is 0. The highest BCUT2D eigenvalue weighted by molar-refractivity contribution is 6.30. The zero-order valence-corrected chi connectivity index (χ0v) is 19.2. The predicted molar refractivity (Wildman–Crippen MR) is 129 cm³/mol. The number of aromatic amines is 1. The summed E-state index contributed by atoms with van der Waals surface area (Å²) in [4.78, 5) is 14.5. The standard InChI is InChI=1S/C25H24ClFN6/c1-14(2)33-12-15-11-32(13-24(15)33)17-8-23-22(28-9-17)6-5-21(30-23)19-10-29-31-25(19)18-7-16(26)3-4-20(18)27/h3-10,14-15,24H,11-13H2,1-2H3,(H,29,31). The van der Waals surface area contributed by atoms with Crippen molar-refractivity contribution in [2.24, 2.45) is 5.92 Å². The molecule has 0 radical (unpaired) electrons. The van der Waals surface area contributed by atoms with Gasteiger partial charge in [0, 0.05) is 53.8 Å². The van der Waals surface area contributed by atoms with Crippen molar-refractivity contribution in [3.63, 3.8) is 0 Å². The molecule has 2 saturated heterocycles. The van der Waals surface area contributed by atoms with Crippen LogP contribution in [0.25, 0.3) is 33.5 Å². The van der Waals surface area contributed by atoms with Crippen LogP contribution in [0.2, 0.25) is 5.02 Å². The molecule has 2 unspecified atom stereocenters. The Bertz CT molecular complexity index is 1350. The Morgan fingerprint density at radius 1 is 1.03 bits per heavy atom. The van der Waals surface area contributed by atoms with Crippen LogP contribution in [0.4, 0.5) is 10.1 Å². The van der Waals surface area contributed by atoms with E-state index in [9.17, 15) is 4.39 Å². The van der Waals surface area contributed by atoms with E-state index in [1.807, 2.05) is 18.3 Å². The quantitative estimate of drug-likeness (QED) is 0.462. The van der Waals surface area contributed by atoms with Gasteiger partial charge >= 0.3 is 0 Å². The number of hydrogen-bond donors (Lipinski definition) is 1. The first-order valence-corrected chi connectivity index (χ1v) is 11.6. The van der Waals surface area contributed by atoms with E-state index in [1.54, 1.807) is 12.3 Å². The summed E-state index contributed by atoms with van der Waals surface area (Å²) in [5.74, 6) is 0.359. The molecule has 33 heavy (non-hydrogen) atoms. The molecular weight excluding hydrogens is 439 g/mol. The van der Waals surface area contributed by atoms with Gasteiger partial charge in [-0.3, -0.25) is 15.0 Å². The summed E-state index contributed by atoms with van der Waals surface area (Å²) in [5.41, 5.74) is 5.07. The van der Waals surface area contributed by atoms with Crippen molar-refractivity contribution in [3.05, 3.63) is 59.6 Å². The van der Waals surface area contributed by atoms with E-state index in [0.29, 0.717) is 34.1 Å². The van der Waals surface area contributed by atoms with Gasteiger partial charge in [0.2, 0.25) is 0 Å². The molecule has 0 spiro atoms. The van der Waals surface area contributed by atoms with Crippen molar-refractivity contribution in [3.8, 4) is 22.5 Å². The first-order chi connectivity index (χ1) is 16.0. The number of H-pyrrole nitrogens is 1. The lowest BCUT2D eigenvalue weighted by atomic mass is 9.90. The second kappa shape index (κ2) is 7.78. The van der Waals surface area contributed by atoms with Crippen molar-refractivity contribution in [1.82, 2.24) is 25.1 Å². The number of likely N-dealkylation sites (tertiary alicyclic amines) is 1. The Morgan fingerprint density at radius 2 is 1.91 bits per heavy atom. The number of benzene rings is 1. The predicted octanol–water partition coefficient (Wildman–Crippen LogP) is 5.01. The Hall–Kier alpha value is -3.03. The van der Waals surface area contributed by atoms with Crippen LogP contribution in [0.5, 0.6) is 0 Å². The number of fused-ring (bicyclic) bond motifs is 2. The molecule has 3 aromatic heterocycles. The Kier molecular flexibility index (Phi) is 4.85. The molecule has 2 fully saturated rings. The van der Waals surface area contributed by atoms with Crippen LogP contribution in [0.15, 0.2) is 48.8 Å². The molecule has 5 heterocycles. The summed E-state index contributed by atoms with van der Waals surface area (Å²) < 4.78 is 14.5. The first-order valence-electron chi connectivity index (χ1n) is 11.2. The third-order valence-electron chi connectivity index (χ3n) is 6.94. The van der Waals surface area contributed by atoms with Gasteiger partial charge in [0.15, 0.2) is 0 Å². The molecular formula is C25H24ClFN6. The Morgan fingerprint density at radius 3 is 2.76 bits per heavy atom. The number of anilines is 1. The summed E-state index contributed by atoms with van der Waals surface area (Å²) in [6, 6.07) is 11.6. The maximum absolute atomic E-state index is 14.5. The molecule has 6 rings (SSSR count). The highest BCUT2D eigenvalue weighted by atomic mass is 35.5. The van der Waals surface area contributed by atoms with Gasteiger partial charge in [0.1, 0.15) is 5.82 Å². The van der Waals surface area contributed by atoms with E-state index in [-0.39, 0.29) is 5.82 Å². The van der Waals surface area contributed by atoms with E-state index >= 15 is 0 Å². The molecule has 0 bridgehead atoms. The monoisotopic (exact) mass is 462 g/mol. The Balaban J connectivity index is 1.34. The van der Waals surface area contributed by atoms with Crippen LogP contribution in [0.1, 0.15) is 13.8 Å². The summed E-state index contributed by atoms with van der Waals surface area (Å²) >= 11 is 6.11. The van der Waals surface area contributed by atoms with E-state index in [1.165, 1.54) is 18.7 Å². The van der Waals surface area contributed by atoms with Gasteiger partial charge in [-0.15, -0.1) is 0 Å². The topological polar surface area (TPSA) is 60.9 Å². The molecule has 4 aromatic rings. The molecule has 1 N–H and O–H groups in total. The van der Waals surface area contributed by atoms with E-state index in [0.717, 1.165) is 41.3 Å². The number of pyridine rings is 2. The SMILES string of the molecule is CC(C)N1CC2CN(c3cnc4ccc(-c5cn[nH]c5-c5cc(Cl)ccc5F)nc4c3)CC21. The Labute approximate surface area is 196 Å². The molecule has 168 valence electrons. The zero-order valence-electron chi connectivity index (χ0n) is 18.5. The number of nitrogens with one attached hydrogen (secondary N) is 1. The van der Waals surface area contributed by atoms with Gasteiger partial charge in [-0.05, 0) is 50.2 Å². The fourth-order valence-electron chi connectivity index (χ4n) is 5.18. The number of hydrogen-bond acceptors (Lipinski definition) is 5. The second-order valence-electron chi connectivity index (χ2n) is 9.23. The lowest BCUT2D eigenvalue weighted by Gasteiger charge is -2.46. The zero-order chi connectivity index (χ0) is 22.7. The third kappa shape index (κ3) is 3.47. The van der Waals surface area contributed by atoms with Gasteiger partial charge in [-0.1, -0.05) is 11.6 Å². The molecule has 6 nitrogen and oxygen atoms in total. The highest BCUT2D eigenvalue weighted by Crippen LogP contribution is 2.37. The van der Waals surface area contributed by atoms with Crippen molar-refractivity contribution >= 4 is 28.3 Å². The molecule has 2 aliphatic heterocycles. The molecule has 2 atom stereocenters. The average Bonchev–Trinajstić information content (AvgIpc) is 3.40. The average molecular weight is 463 g/mol. The minimum Gasteiger partial charge on any atom is -0.368 e. The molecule has 2 aliphatic rings. The molecule has 0 saturated carbocycles. The summed E-state index contributed by atoms with van der Waals surface area (Å²) in [5, 5.41) is 7.51. The van der Waals surface area contributed by atoms with Gasteiger partial charge < -0.3 is 4.90 Å². The summed E-state index contributed by atoms with van der Waals surface area (Å²) in [6.45, 7) is 7.78. The van der Waals surface area contributed by atoms with E-state index in [4.69, 9.17) is 16.6 Å². The number of rotatable bonds is 4. The van der Waals surface area contributed by atoms with E-state index < -0.39 is 0 Å². The second-order valence-corrected chi connectivity index (χ2v) is 9.67. The third-order valence-corrected chi connectivity index (χ3v) is 7.18. The summed E-state index contributed by atoms with van der Waals surface area (Å²) in [6.07, 6.45) is 3.61.